The van der Waals surface area contributed by atoms with Crippen LogP contribution < -0.4 is 15.5 Å². The Labute approximate surface area is 181 Å². The lowest BCUT2D eigenvalue weighted by molar-refractivity contribution is -0.139. The zero-order valence-corrected chi connectivity index (χ0v) is 19.0. The summed E-state index contributed by atoms with van der Waals surface area (Å²) < 4.78 is 58.6. The fourth-order valence-electron chi connectivity index (χ4n) is 3.56. The average molecular weight is 445 g/mol. The molecule has 0 bridgehead atoms. The Morgan fingerprint density at radius 3 is 2.19 bits per heavy atom. The molecule has 31 heavy (non-hydrogen) atoms. The molecular formula is C21H31BF3NO5. The lowest BCUT2D eigenvalue weighted by atomic mass is 9.78. The maximum Gasteiger partial charge on any atom is 0.494 e. The van der Waals surface area contributed by atoms with Crippen LogP contribution in [0.4, 0.5) is 18.0 Å². The second-order valence-electron chi connectivity index (χ2n) is 9.72. The number of rotatable bonds is 7. The minimum atomic E-state index is -4.68. The van der Waals surface area contributed by atoms with Crippen LogP contribution in [-0.4, -0.2) is 41.7 Å². The Morgan fingerprint density at radius 1 is 1.19 bits per heavy atom. The van der Waals surface area contributed by atoms with Crippen molar-refractivity contribution in [3.05, 3.63) is 23.8 Å². The summed E-state index contributed by atoms with van der Waals surface area (Å²) in [6.07, 6.45) is -5.55. The zero-order chi connectivity index (χ0) is 23.8. The van der Waals surface area contributed by atoms with Gasteiger partial charge in [-0.2, -0.15) is 13.2 Å². The van der Waals surface area contributed by atoms with E-state index >= 15 is 0 Å². The molecule has 1 aromatic carbocycles. The standard InChI is InChI=1S/C21H31BF3NO5/c1-13(2)11-20(7,26-17(27)28)12-29-16-9-8-14(10-15(16)21(23,24)25)22-30-18(3,4)19(5,6)31-22/h8-10,13,26H,11-12H2,1-7H3,(H,27,28). The van der Waals surface area contributed by atoms with E-state index in [1.165, 1.54) is 12.1 Å². The van der Waals surface area contributed by atoms with Crippen LogP contribution in [0.3, 0.4) is 0 Å². The van der Waals surface area contributed by atoms with Crippen LogP contribution in [0.5, 0.6) is 5.75 Å². The Morgan fingerprint density at radius 2 is 1.74 bits per heavy atom. The highest BCUT2D eigenvalue weighted by molar-refractivity contribution is 6.62. The van der Waals surface area contributed by atoms with Crippen LogP contribution >= 0.6 is 0 Å². The summed E-state index contributed by atoms with van der Waals surface area (Å²) in [7, 11) is -0.944. The van der Waals surface area contributed by atoms with E-state index in [-0.39, 0.29) is 23.7 Å². The topological polar surface area (TPSA) is 77.0 Å². The second kappa shape index (κ2) is 8.54. The monoisotopic (exact) mass is 445 g/mol. The average Bonchev–Trinajstić information content (AvgIpc) is 2.78. The van der Waals surface area contributed by atoms with E-state index in [0.29, 0.717) is 6.42 Å². The third-order valence-electron chi connectivity index (χ3n) is 5.65. The van der Waals surface area contributed by atoms with Gasteiger partial charge in [0.05, 0.1) is 22.3 Å². The van der Waals surface area contributed by atoms with E-state index in [2.05, 4.69) is 5.32 Å². The van der Waals surface area contributed by atoms with Gasteiger partial charge in [0.1, 0.15) is 12.4 Å². The molecule has 0 radical (unpaired) electrons. The molecule has 174 valence electrons. The molecule has 2 N–H and O–H groups in total. The molecule has 1 heterocycles. The van der Waals surface area contributed by atoms with Gasteiger partial charge in [-0.3, -0.25) is 0 Å². The van der Waals surface area contributed by atoms with Gasteiger partial charge in [-0.25, -0.2) is 4.79 Å². The van der Waals surface area contributed by atoms with Gasteiger partial charge >= 0.3 is 19.4 Å². The van der Waals surface area contributed by atoms with Crippen molar-refractivity contribution in [2.75, 3.05) is 6.61 Å². The summed E-state index contributed by atoms with van der Waals surface area (Å²) in [6, 6.07) is 3.65. The lowest BCUT2D eigenvalue weighted by Crippen LogP contribution is -2.50. The summed E-state index contributed by atoms with van der Waals surface area (Å²) in [4.78, 5) is 11.2. The molecule has 0 aliphatic carbocycles. The minimum absolute atomic E-state index is 0.105. The summed E-state index contributed by atoms with van der Waals surface area (Å²) in [6.45, 7) is 12.4. The Balaban J connectivity index is 2.31. The van der Waals surface area contributed by atoms with Crippen LogP contribution in [0.15, 0.2) is 18.2 Å². The Kier molecular flexibility index (Phi) is 6.98. The van der Waals surface area contributed by atoms with E-state index in [1.807, 2.05) is 41.5 Å². The third kappa shape index (κ3) is 6.07. The molecule has 0 saturated carbocycles. The summed E-state index contributed by atoms with van der Waals surface area (Å²) in [5.74, 6) is -0.275. The van der Waals surface area contributed by atoms with E-state index in [1.54, 1.807) is 6.92 Å². The molecule has 1 aliphatic rings. The van der Waals surface area contributed by atoms with Crippen LogP contribution in [-0.2, 0) is 15.5 Å². The van der Waals surface area contributed by atoms with E-state index in [4.69, 9.17) is 19.2 Å². The van der Waals surface area contributed by atoms with Crippen molar-refractivity contribution in [1.82, 2.24) is 5.32 Å². The number of halogens is 3. The van der Waals surface area contributed by atoms with E-state index in [0.717, 1.165) is 6.07 Å². The van der Waals surface area contributed by atoms with Crippen LogP contribution in [0, 0.1) is 5.92 Å². The Hall–Kier alpha value is -1.94. The fourth-order valence-corrected chi connectivity index (χ4v) is 3.56. The second-order valence-corrected chi connectivity index (χ2v) is 9.72. The SMILES string of the molecule is CC(C)CC(C)(COc1ccc(B2OC(C)(C)C(C)(C)O2)cc1C(F)(F)F)NC(=O)O. The molecule has 1 aromatic rings. The number of carboxylic acid groups (broad SMARTS) is 1. The van der Waals surface area contributed by atoms with Gasteiger partial charge in [-0.05, 0) is 64.6 Å². The number of alkyl halides is 3. The number of hydrogen-bond donors (Lipinski definition) is 2. The number of hydrogen-bond acceptors (Lipinski definition) is 4. The molecule has 1 saturated heterocycles. The third-order valence-corrected chi connectivity index (χ3v) is 5.65. The van der Waals surface area contributed by atoms with E-state index in [9.17, 15) is 18.0 Å². The van der Waals surface area contributed by atoms with Crippen LogP contribution in [0.25, 0.3) is 0 Å². The molecule has 1 unspecified atom stereocenters. The van der Waals surface area contributed by atoms with Crippen molar-refractivity contribution in [1.29, 1.82) is 0 Å². The number of nitrogens with one attached hydrogen (secondary N) is 1. The van der Waals surface area contributed by atoms with Crippen LogP contribution in [0.1, 0.15) is 60.5 Å². The highest BCUT2D eigenvalue weighted by Gasteiger charge is 2.52. The van der Waals surface area contributed by atoms with Gasteiger partial charge < -0.3 is 24.5 Å². The highest BCUT2D eigenvalue weighted by atomic mass is 19.4. The summed E-state index contributed by atoms with van der Waals surface area (Å²) in [5, 5.41) is 11.5. The molecule has 2 rings (SSSR count). The van der Waals surface area contributed by atoms with Gasteiger partial charge in [-0.15, -0.1) is 0 Å². The predicted octanol–water partition coefficient (Wildman–Crippen LogP) is 4.46. The van der Waals surface area contributed by atoms with Gasteiger partial charge in [0.2, 0.25) is 0 Å². The molecule has 10 heteroatoms. The lowest BCUT2D eigenvalue weighted by Gasteiger charge is -2.32. The molecule has 1 atom stereocenters. The fraction of sp³-hybridized carbons (Fsp3) is 0.667. The largest absolute Gasteiger partial charge is 0.494 e. The first-order chi connectivity index (χ1) is 14.0. The minimum Gasteiger partial charge on any atom is -0.491 e. The first-order valence-electron chi connectivity index (χ1n) is 10.2. The molecule has 0 spiro atoms. The van der Waals surface area contributed by atoms with Crippen molar-refractivity contribution < 1.29 is 37.1 Å². The maximum absolute atomic E-state index is 13.8. The van der Waals surface area contributed by atoms with Crippen molar-refractivity contribution in [2.45, 2.75) is 77.8 Å². The number of benzene rings is 1. The molecule has 0 aromatic heterocycles. The van der Waals surface area contributed by atoms with Crippen molar-refractivity contribution in [2.24, 2.45) is 5.92 Å². The normalized spacial score (nSPS) is 19.9. The van der Waals surface area contributed by atoms with Gasteiger partial charge in [-0.1, -0.05) is 19.9 Å². The zero-order valence-electron chi connectivity index (χ0n) is 19.0. The smallest absolute Gasteiger partial charge is 0.491 e. The predicted molar refractivity (Wildman–Crippen MR) is 112 cm³/mol. The molecule has 1 aliphatic heterocycles. The Bertz CT molecular complexity index is 797. The van der Waals surface area contributed by atoms with Gasteiger partial charge in [0.25, 0.3) is 0 Å². The summed E-state index contributed by atoms with van der Waals surface area (Å²) in [5.41, 5.74) is -3.17. The molecule has 1 amide bonds. The first-order valence-corrected chi connectivity index (χ1v) is 10.2. The van der Waals surface area contributed by atoms with Crippen molar-refractivity contribution in [3.8, 4) is 5.75 Å². The van der Waals surface area contributed by atoms with Crippen molar-refractivity contribution in [3.63, 3.8) is 0 Å². The maximum atomic E-state index is 13.8. The van der Waals surface area contributed by atoms with Crippen molar-refractivity contribution >= 4 is 18.7 Å². The van der Waals surface area contributed by atoms with Gasteiger partial charge in [0.15, 0.2) is 0 Å². The highest BCUT2D eigenvalue weighted by Crippen LogP contribution is 2.39. The molecule has 1 fully saturated rings. The van der Waals surface area contributed by atoms with Crippen LogP contribution in [0.2, 0.25) is 0 Å². The number of carbonyl (C=O) groups is 1. The van der Waals surface area contributed by atoms with Gasteiger partial charge in [0, 0.05) is 0 Å². The molecular weight excluding hydrogens is 414 g/mol. The number of ether oxygens (including phenoxy) is 1. The molecule has 6 nitrogen and oxygen atoms in total. The quantitative estimate of drug-likeness (QED) is 0.607. The van der Waals surface area contributed by atoms with E-state index < -0.39 is 41.7 Å². The summed E-state index contributed by atoms with van der Waals surface area (Å²) >= 11 is 0. The number of amides is 1. The first kappa shape index (κ1) is 25.3.